The molecule has 0 heterocycles. The van der Waals surface area contributed by atoms with Crippen LogP contribution in [0.25, 0.3) is 0 Å². The SMILES string of the molecule is CCCN(C(=S)NCC(=O)O)c1ccccc1.[NaH]. The molecule has 0 amide bonds. The monoisotopic (exact) mass is 276 g/mol. The molecule has 0 saturated carbocycles. The van der Waals surface area contributed by atoms with E-state index in [1.807, 2.05) is 35.2 Å². The van der Waals surface area contributed by atoms with E-state index in [1.165, 1.54) is 0 Å². The predicted molar refractivity (Wildman–Crippen MR) is 79.5 cm³/mol. The summed E-state index contributed by atoms with van der Waals surface area (Å²) in [5.74, 6) is -0.920. The van der Waals surface area contributed by atoms with E-state index in [0.29, 0.717) is 5.11 Å². The van der Waals surface area contributed by atoms with Crippen molar-refractivity contribution < 1.29 is 9.90 Å². The van der Waals surface area contributed by atoms with Gasteiger partial charge < -0.3 is 15.3 Å². The molecular weight excluding hydrogens is 259 g/mol. The Hall–Kier alpha value is -0.620. The molecule has 0 spiro atoms. The molecule has 0 aliphatic heterocycles. The summed E-state index contributed by atoms with van der Waals surface area (Å²) >= 11 is 5.19. The molecule has 1 rings (SSSR count). The maximum atomic E-state index is 10.5. The van der Waals surface area contributed by atoms with Gasteiger partial charge in [-0.15, -0.1) is 0 Å². The third kappa shape index (κ3) is 5.82. The van der Waals surface area contributed by atoms with E-state index >= 15 is 0 Å². The zero-order valence-electron chi connectivity index (χ0n) is 9.72. The minimum absolute atomic E-state index is 0. The number of thiocarbonyl (C=S) groups is 1. The van der Waals surface area contributed by atoms with Crippen molar-refractivity contribution >= 4 is 58.5 Å². The Morgan fingerprint density at radius 1 is 1.39 bits per heavy atom. The number of rotatable bonds is 5. The van der Waals surface area contributed by atoms with E-state index < -0.39 is 5.97 Å². The second-order valence-corrected chi connectivity index (χ2v) is 3.93. The number of aliphatic carboxylic acids is 1. The van der Waals surface area contributed by atoms with Crippen LogP contribution in [-0.4, -0.2) is 58.8 Å². The van der Waals surface area contributed by atoms with Gasteiger partial charge in [-0.3, -0.25) is 4.79 Å². The van der Waals surface area contributed by atoms with Crippen molar-refractivity contribution in [2.75, 3.05) is 18.0 Å². The quantitative estimate of drug-likeness (QED) is 0.625. The molecular formula is C12H17N2NaO2S. The van der Waals surface area contributed by atoms with Crippen LogP contribution in [0.4, 0.5) is 5.69 Å². The van der Waals surface area contributed by atoms with E-state index in [4.69, 9.17) is 17.3 Å². The summed E-state index contributed by atoms with van der Waals surface area (Å²) in [7, 11) is 0. The van der Waals surface area contributed by atoms with Crippen molar-refractivity contribution in [1.29, 1.82) is 0 Å². The fraction of sp³-hybridized carbons (Fsp3) is 0.333. The summed E-state index contributed by atoms with van der Waals surface area (Å²) in [6, 6.07) is 9.69. The molecule has 0 radical (unpaired) electrons. The Morgan fingerprint density at radius 3 is 2.50 bits per heavy atom. The fourth-order valence-corrected chi connectivity index (χ4v) is 1.69. The normalized spacial score (nSPS) is 9.17. The standard InChI is InChI=1S/C12H16N2O2S.Na.H/c1-2-8-14(10-6-4-3-5-7-10)12(17)13-9-11(15)16;;/h3-7H,2,8-9H2,1H3,(H,13,17)(H,15,16);;. The van der Waals surface area contributed by atoms with E-state index in [1.54, 1.807) is 0 Å². The summed E-state index contributed by atoms with van der Waals surface area (Å²) < 4.78 is 0. The number of carboxylic acid groups (broad SMARTS) is 1. The molecule has 0 saturated heterocycles. The number of carboxylic acids is 1. The molecule has 2 N–H and O–H groups in total. The maximum absolute atomic E-state index is 10.5. The molecule has 0 aromatic heterocycles. The molecule has 0 unspecified atom stereocenters. The van der Waals surface area contributed by atoms with E-state index in [2.05, 4.69) is 12.2 Å². The molecule has 0 fully saturated rings. The van der Waals surface area contributed by atoms with Gasteiger partial charge in [0.25, 0.3) is 0 Å². The van der Waals surface area contributed by atoms with Crippen molar-refractivity contribution in [2.24, 2.45) is 0 Å². The molecule has 94 valence electrons. The van der Waals surface area contributed by atoms with Gasteiger partial charge in [-0.1, -0.05) is 25.1 Å². The minimum atomic E-state index is -0.920. The van der Waals surface area contributed by atoms with Gasteiger partial charge in [-0.2, -0.15) is 0 Å². The Labute approximate surface area is 135 Å². The molecule has 0 aliphatic rings. The third-order valence-corrected chi connectivity index (χ3v) is 2.52. The predicted octanol–water partition coefficient (Wildman–Crippen LogP) is 1.21. The van der Waals surface area contributed by atoms with Crippen LogP contribution in [0.1, 0.15) is 13.3 Å². The first kappa shape index (κ1) is 17.4. The number of anilines is 1. The number of nitrogens with zero attached hydrogens (tertiary/aromatic N) is 1. The summed E-state index contributed by atoms with van der Waals surface area (Å²) in [6.45, 7) is 2.65. The Bertz CT molecular complexity index is 387. The van der Waals surface area contributed by atoms with Gasteiger partial charge in [0, 0.05) is 12.2 Å². The van der Waals surface area contributed by atoms with Gasteiger partial charge in [-0.25, -0.2) is 0 Å². The molecule has 0 bridgehead atoms. The number of para-hydroxylation sites is 1. The van der Waals surface area contributed by atoms with Crippen molar-refractivity contribution in [3.63, 3.8) is 0 Å². The molecule has 0 atom stereocenters. The van der Waals surface area contributed by atoms with Gasteiger partial charge >= 0.3 is 35.5 Å². The van der Waals surface area contributed by atoms with E-state index in [9.17, 15) is 4.79 Å². The molecule has 1 aromatic rings. The molecule has 18 heavy (non-hydrogen) atoms. The van der Waals surface area contributed by atoms with Crippen LogP contribution in [0, 0.1) is 0 Å². The van der Waals surface area contributed by atoms with Crippen molar-refractivity contribution in [3.05, 3.63) is 30.3 Å². The van der Waals surface area contributed by atoms with Gasteiger partial charge in [0.1, 0.15) is 6.54 Å². The molecule has 0 aliphatic carbocycles. The van der Waals surface area contributed by atoms with Crippen molar-refractivity contribution in [2.45, 2.75) is 13.3 Å². The number of nitrogens with one attached hydrogen (secondary N) is 1. The molecule has 1 aromatic carbocycles. The second kappa shape index (κ2) is 9.33. The van der Waals surface area contributed by atoms with Gasteiger partial charge in [0.15, 0.2) is 5.11 Å². The van der Waals surface area contributed by atoms with Crippen LogP contribution in [0.5, 0.6) is 0 Å². The van der Waals surface area contributed by atoms with Gasteiger partial charge in [-0.05, 0) is 30.8 Å². The first-order valence-corrected chi connectivity index (χ1v) is 5.88. The first-order valence-electron chi connectivity index (χ1n) is 5.47. The van der Waals surface area contributed by atoms with Crippen molar-refractivity contribution in [3.8, 4) is 0 Å². The van der Waals surface area contributed by atoms with Gasteiger partial charge in [0.2, 0.25) is 0 Å². The Kier molecular flexibility index (Phi) is 9.01. The average molecular weight is 276 g/mol. The first-order chi connectivity index (χ1) is 8.15. The summed E-state index contributed by atoms with van der Waals surface area (Å²) in [5.41, 5.74) is 0.970. The van der Waals surface area contributed by atoms with Crippen LogP contribution in [0.3, 0.4) is 0 Å². The Balaban J connectivity index is 0.00000289. The van der Waals surface area contributed by atoms with E-state index in [0.717, 1.165) is 18.7 Å². The fourth-order valence-electron chi connectivity index (χ4n) is 1.43. The van der Waals surface area contributed by atoms with Crippen molar-refractivity contribution in [1.82, 2.24) is 5.32 Å². The summed E-state index contributed by atoms with van der Waals surface area (Å²) in [6.07, 6.45) is 0.934. The molecule has 4 nitrogen and oxygen atoms in total. The summed E-state index contributed by atoms with van der Waals surface area (Å²) in [5, 5.41) is 11.8. The zero-order chi connectivity index (χ0) is 12.7. The van der Waals surface area contributed by atoms with Gasteiger partial charge in [0.05, 0.1) is 0 Å². The number of benzene rings is 1. The van der Waals surface area contributed by atoms with Crippen LogP contribution in [0.15, 0.2) is 30.3 Å². The van der Waals surface area contributed by atoms with Crippen LogP contribution >= 0.6 is 12.2 Å². The van der Waals surface area contributed by atoms with Crippen LogP contribution in [0.2, 0.25) is 0 Å². The second-order valence-electron chi connectivity index (χ2n) is 3.54. The van der Waals surface area contributed by atoms with Crippen LogP contribution < -0.4 is 10.2 Å². The number of hydrogen-bond acceptors (Lipinski definition) is 2. The molecule has 6 heteroatoms. The number of carbonyl (C=O) groups is 1. The third-order valence-electron chi connectivity index (χ3n) is 2.15. The Morgan fingerprint density at radius 2 is 2.00 bits per heavy atom. The topological polar surface area (TPSA) is 52.6 Å². The van der Waals surface area contributed by atoms with Crippen LogP contribution in [-0.2, 0) is 4.79 Å². The summed E-state index contributed by atoms with van der Waals surface area (Å²) in [4.78, 5) is 12.4. The average Bonchev–Trinajstić information content (AvgIpc) is 2.34. The van der Waals surface area contributed by atoms with E-state index in [-0.39, 0.29) is 36.1 Å². The zero-order valence-corrected chi connectivity index (χ0v) is 10.5. The number of hydrogen-bond donors (Lipinski definition) is 2.